The second-order valence-electron chi connectivity index (χ2n) is 5.23. The van der Waals surface area contributed by atoms with E-state index in [0.717, 1.165) is 21.8 Å². The maximum atomic E-state index is 11.7. The van der Waals surface area contributed by atoms with Crippen LogP contribution in [0.1, 0.15) is 21.9 Å². The lowest BCUT2D eigenvalue weighted by Gasteiger charge is -2.10. The number of carbonyl (C=O) groups is 1. The number of hydrogen-bond acceptors (Lipinski definition) is 5. The maximum Gasteiger partial charge on any atom is 0.356 e. The summed E-state index contributed by atoms with van der Waals surface area (Å²) in [7, 11) is 1.34. The van der Waals surface area contributed by atoms with E-state index in [1.165, 1.54) is 7.11 Å². The molecule has 0 saturated heterocycles. The van der Waals surface area contributed by atoms with Crippen LogP contribution in [0, 0.1) is 6.92 Å². The first-order valence-electron chi connectivity index (χ1n) is 7.28. The molecule has 1 aromatic carbocycles. The van der Waals surface area contributed by atoms with Crippen LogP contribution < -0.4 is 0 Å². The van der Waals surface area contributed by atoms with Crippen molar-refractivity contribution < 1.29 is 9.53 Å². The predicted molar refractivity (Wildman–Crippen MR) is 95.9 cm³/mol. The molecule has 2 heterocycles. The van der Waals surface area contributed by atoms with Gasteiger partial charge in [0.15, 0.2) is 11.3 Å². The molecule has 2 aromatic heterocycles. The van der Waals surface area contributed by atoms with Crippen LogP contribution >= 0.6 is 23.4 Å². The van der Waals surface area contributed by atoms with Gasteiger partial charge in [-0.2, -0.15) is 0 Å². The van der Waals surface area contributed by atoms with Crippen LogP contribution in [0.5, 0.6) is 0 Å². The minimum atomic E-state index is -0.468. The van der Waals surface area contributed by atoms with Crippen molar-refractivity contribution in [2.75, 3.05) is 13.4 Å². The summed E-state index contributed by atoms with van der Waals surface area (Å²) in [6.45, 7) is 2.44. The van der Waals surface area contributed by atoms with Gasteiger partial charge in [-0.1, -0.05) is 17.7 Å². The van der Waals surface area contributed by atoms with Crippen LogP contribution in [-0.2, 0) is 11.3 Å². The van der Waals surface area contributed by atoms with Gasteiger partial charge in [0.1, 0.15) is 11.3 Å². The van der Waals surface area contributed by atoms with Crippen LogP contribution in [0.25, 0.3) is 11.2 Å². The number of benzene rings is 1. The average Bonchev–Trinajstić information content (AvgIpc) is 2.90. The number of methoxy groups -OCH3 is 1. The number of halogens is 1. The third-order valence-corrected chi connectivity index (χ3v) is 4.84. The number of aromatic nitrogens is 3. The molecule has 0 fully saturated rings. The molecule has 3 rings (SSSR count). The number of rotatable bonds is 4. The normalized spacial score (nSPS) is 11.0. The molecule has 0 atom stereocenters. The summed E-state index contributed by atoms with van der Waals surface area (Å²) < 4.78 is 6.69. The van der Waals surface area contributed by atoms with E-state index in [9.17, 15) is 4.79 Å². The van der Waals surface area contributed by atoms with Gasteiger partial charge in [-0.15, -0.1) is 11.8 Å². The van der Waals surface area contributed by atoms with Crippen molar-refractivity contribution in [3.8, 4) is 0 Å². The van der Waals surface area contributed by atoms with Gasteiger partial charge in [0.05, 0.1) is 13.7 Å². The lowest BCUT2D eigenvalue weighted by molar-refractivity contribution is 0.0594. The molecule has 0 aliphatic carbocycles. The molecule has 0 saturated carbocycles. The average molecular weight is 362 g/mol. The Hall–Kier alpha value is -2.05. The van der Waals surface area contributed by atoms with Crippen LogP contribution in [0.15, 0.2) is 35.2 Å². The van der Waals surface area contributed by atoms with Gasteiger partial charge in [-0.25, -0.2) is 14.8 Å². The van der Waals surface area contributed by atoms with E-state index in [-0.39, 0.29) is 5.69 Å². The third-order valence-electron chi connectivity index (χ3n) is 3.77. The number of esters is 1. The summed E-state index contributed by atoms with van der Waals surface area (Å²) in [4.78, 5) is 21.7. The van der Waals surface area contributed by atoms with Gasteiger partial charge in [0, 0.05) is 9.92 Å². The lowest BCUT2D eigenvalue weighted by atomic mass is 10.2. The number of nitrogens with zero attached hydrogens (tertiary/aromatic N) is 3. The molecule has 0 bridgehead atoms. The highest BCUT2D eigenvalue weighted by Gasteiger charge is 2.15. The van der Waals surface area contributed by atoms with E-state index in [0.29, 0.717) is 17.2 Å². The Kier molecular flexibility index (Phi) is 4.78. The summed E-state index contributed by atoms with van der Waals surface area (Å²) in [5, 5.41) is 0.701. The second-order valence-corrected chi connectivity index (χ2v) is 6.52. The van der Waals surface area contributed by atoms with Crippen molar-refractivity contribution in [1.82, 2.24) is 14.5 Å². The van der Waals surface area contributed by atoms with E-state index in [2.05, 4.69) is 9.97 Å². The van der Waals surface area contributed by atoms with Gasteiger partial charge in [-0.05, 0) is 43.0 Å². The summed E-state index contributed by atoms with van der Waals surface area (Å²) in [5.74, 6) is 0.342. The number of ether oxygens (including phenoxy) is 1. The van der Waals surface area contributed by atoms with Gasteiger partial charge in [-0.3, -0.25) is 0 Å². The minimum absolute atomic E-state index is 0.259. The molecule has 0 amide bonds. The first kappa shape index (κ1) is 16.8. The number of fused-ring (bicyclic) bond motifs is 1. The Morgan fingerprint density at radius 1 is 1.29 bits per heavy atom. The molecule has 7 heteroatoms. The molecule has 5 nitrogen and oxygen atoms in total. The molecule has 0 aliphatic heterocycles. The number of imidazole rings is 1. The van der Waals surface area contributed by atoms with E-state index in [4.69, 9.17) is 16.3 Å². The molecule has 0 aliphatic rings. The molecule has 0 N–H and O–H groups in total. The van der Waals surface area contributed by atoms with Crippen molar-refractivity contribution in [2.24, 2.45) is 0 Å². The summed E-state index contributed by atoms with van der Waals surface area (Å²) >= 11 is 8.04. The Balaban J connectivity index is 2.05. The van der Waals surface area contributed by atoms with E-state index in [1.807, 2.05) is 35.9 Å². The fourth-order valence-corrected chi connectivity index (χ4v) is 3.22. The fourth-order valence-electron chi connectivity index (χ4n) is 2.48. The van der Waals surface area contributed by atoms with E-state index >= 15 is 0 Å². The Labute approximate surface area is 149 Å². The van der Waals surface area contributed by atoms with Crippen LogP contribution in [0.3, 0.4) is 0 Å². The topological polar surface area (TPSA) is 57.0 Å². The predicted octanol–water partition coefficient (Wildman–Crippen LogP) is 3.95. The maximum absolute atomic E-state index is 11.7. The monoisotopic (exact) mass is 361 g/mol. The van der Waals surface area contributed by atoms with Gasteiger partial charge in [0.2, 0.25) is 0 Å². The number of thioether (sulfide) groups is 1. The smallest absolute Gasteiger partial charge is 0.356 e. The zero-order chi connectivity index (χ0) is 17.3. The number of hydrogen-bond donors (Lipinski definition) is 0. The lowest BCUT2D eigenvalue weighted by Crippen LogP contribution is -2.07. The van der Waals surface area contributed by atoms with Crippen molar-refractivity contribution in [1.29, 1.82) is 0 Å². The first-order chi connectivity index (χ1) is 11.5. The SMILES string of the molecule is COC(=O)c1ccc2nc(C)n(Cc3ccc(SC)cc3Cl)c2n1. The van der Waals surface area contributed by atoms with Gasteiger partial charge < -0.3 is 9.30 Å². The van der Waals surface area contributed by atoms with E-state index < -0.39 is 5.97 Å². The zero-order valence-corrected chi connectivity index (χ0v) is 15.1. The molecule has 24 heavy (non-hydrogen) atoms. The van der Waals surface area contributed by atoms with Gasteiger partial charge >= 0.3 is 5.97 Å². The Morgan fingerprint density at radius 3 is 2.75 bits per heavy atom. The molecule has 0 unspecified atom stereocenters. The van der Waals surface area contributed by atoms with Crippen molar-refractivity contribution in [2.45, 2.75) is 18.4 Å². The van der Waals surface area contributed by atoms with Crippen molar-refractivity contribution in [3.63, 3.8) is 0 Å². The number of carbonyl (C=O) groups excluding carboxylic acids is 1. The fraction of sp³-hybridized carbons (Fsp3) is 0.235. The summed E-state index contributed by atoms with van der Waals surface area (Å²) in [5.41, 5.74) is 2.61. The quantitative estimate of drug-likeness (QED) is 0.520. The minimum Gasteiger partial charge on any atom is -0.464 e. The summed E-state index contributed by atoms with van der Waals surface area (Å²) in [6.07, 6.45) is 2.01. The highest BCUT2D eigenvalue weighted by Crippen LogP contribution is 2.25. The molecule has 0 radical (unpaired) electrons. The molecule has 0 spiro atoms. The Bertz CT molecular complexity index is 924. The highest BCUT2D eigenvalue weighted by atomic mass is 35.5. The second kappa shape index (κ2) is 6.83. The zero-order valence-electron chi connectivity index (χ0n) is 13.5. The first-order valence-corrected chi connectivity index (χ1v) is 8.88. The Morgan fingerprint density at radius 2 is 2.08 bits per heavy atom. The van der Waals surface area contributed by atoms with Crippen LogP contribution in [-0.4, -0.2) is 33.9 Å². The van der Waals surface area contributed by atoms with Crippen LogP contribution in [0.4, 0.5) is 0 Å². The van der Waals surface area contributed by atoms with Crippen LogP contribution in [0.2, 0.25) is 5.02 Å². The van der Waals surface area contributed by atoms with Crippen molar-refractivity contribution >= 4 is 40.5 Å². The summed E-state index contributed by atoms with van der Waals surface area (Å²) in [6, 6.07) is 9.38. The largest absolute Gasteiger partial charge is 0.464 e. The highest BCUT2D eigenvalue weighted by molar-refractivity contribution is 7.98. The standard InChI is InChI=1S/C17H16ClN3O2S/c1-10-19-14-6-7-15(17(22)23-2)20-16(14)21(10)9-11-4-5-12(24-3)8-13(11)18/h4-8H,9H2,1-3H3. The van der Waals surface area contributed by atoms with E-state index in [1.54, 1.807) is 23.9 Å². The molecular weight excluding hydrogens is 346 g/mol. The number of aryl methyl sites for hydroxylation is 1. The number of pyridine rings is 1. The molecule has 124 valence electrons. The van der Waals surface area contributed by atoms with Crippen molar-refractivity contribution in [3.05, 3.63) is 52.4 Å². The molecular formula is C17H16ClN3O2S. The molecule has 3 aromatic rings. The van der Waals surface area contributed by atoms with Gasteiger partial charge in [0.25, 0.3) is 0 Å². The third kappa shape index (κ3) is 3.12.